The third kappa shape index (κ3) is 3.46. The number of benzene rings is 2. The first-order chi connectivity index (χ1) is 11.7. The van der Waals surface area contributed by atoms with Gasteiger partial charge in [-0.15, -0.1) is 0 Å². The Morgan fingerprint density at radius 3 is 2.83 bits per heavy atom. The van der Waals surface area contributed by atoms with Crippen molar-refractivity contribution >= 4 is 27.9 Å². The minimum atomic E-state index is 0.0814. The number of carbonyl (C=O) groups is 1. The molecular weight excluding hydrogens is 320 g/mol. The molecule has 1 heterocycles. The lowest BCUT2D eigenvalue weighted by Gasteiger charge is -2.08. The number of fused-ring (bicyclic) bond motifs is 1. The molecule has 24 heavy (non-hydrogen) atoms. The maximum absolute atomic E-state index is 12.3. The number of imidazole rings is 1. The summed E-state index contributed by atoms with van der Waals surface area (Å²) in [6, 6.07) is 13.4. The van der Waals surface area contributed by atoms with Crippen molar-refractivity contribution in [1.29, 1.82) is 0 Å². The molecule has 0 amide bonds. The van der Waals surface area contributed by atoms with Gasteiger partial charge >= 0.3 is 0 Å². The average molecular weight is 340 g/mol. The summed E-state index contributed by atoms with van der Waals surface area (Å²) in [5.41, 5.74) is 3.39. The van der Waals surface area contributed by atoms with E-state index in [1.54, 1.807) is 13.2 Å². The predicted molar refractivity (Wildman–Crippen MR) is 99.8 cm³/mol. The molecule has 124 valence electrons. The third-order valence-electron chi connectivity index (χ3n) is 3.81. The molecule has 0 fully saturated rings. The topological polar surface area (TPSA) is 55.0 Å². The highest BCUT2D eigenvalue weighted by atomic mass is 32.2. The van der Waals surface area contributed by atoms with Crippen molar-refractivity contribution in [2.45, 2.75) is 19.8 Å². The van der Waals surface area contributed by atoms with Gasteiger partial charge in [-0.3, -0.25) is 4.79 Å². The molecule has 2 aromatic carbocycles. The van der Waals surface area contributed by atoms with Crippen molar-refractivity contribution in [1.82, 2.24) is 9.97 Å². The number of unbranched alkanes of at least 4 members (excludes halogenated alkanes) is 1. The number of carbonyl (C=O) groups excluding carboxylic acids is 1. The molecule has 5 heteroatoms. The van der Waals surface area contributed by atoms with Crippen LogP contribution in [0, 0.1) is 0 Å². The summed E-state index contributed by atoms with van der Waals surface area (Å²) in [6.45, 7) is 2.12. The molecule has 0 unspecified atom stereocenters. The number of H-pyrrole nitrogens is 1. The molecule has 0 bridgehead atoms. The highest BCUT2D eigenvalue weighted by molar-refractivity contribution is 8.14. The Bertz CT molecular complexity index is 824. The minimum absolute atomic E-state index is 0.0814. The molecule has 0 aliphatic rings. The lowest BCUT2D eigenvalue weighted by molar-refractivity contribution is 0.108. The van der Waals surface area contributed by atoms with Gasteiger partial charge in [-0.05, 0) is 36.8 Å². The summed E-state index contributed by atoms with van der Waals surface area (Å²) in [4.78, 5) is 20.2. The van der Waals surface area contributed by atoms with Crippen LogP contribution in [0.2, 0.25) is 0 Å². The van der Waals surface area contributed by atoms with Crippen LogP contribution >= 0.6 is 11.8 Å². The fraction of sp³-hybridized carbons (Fsp3) is 0.263. The van der Waals surface area contributed by atoms with E-state index in [1.807, 2.05) is 36.4 Å². The summed E-state index contributed by atoms with van der Waals surface area (Å²) in [6.07, 6.45) is 2.14. The second-order valence-corrected chi connectivity index (χ2v) is 6.57. The molecule has 0 radical (unpaired) electrons. The number of ether oxygens (including phenoxy) is 1. The van der Waals surface area contributed by atoms with Gasteiger partial charge < -0.3 is 9.72 Å². The first-order valence-corrected chi connectivity index (χ1v) is 9.01. The van der Waals surface area contributed by atoms with E-state index in [2.05, 4.69) is 16.9 Å². The van der Waals surface area contributed by atoms with Crippen molar-refractivity contribution in [3.8, 4) is 17.1 Å². The van der Waals surface area contributed by atoms with Crippen molar-refractivity contribution in [2.24, 2.45) is 0 Å². The number of aromatic nitrogens is 2. The third-order valence-corrected chi connectivity index (χ3v) is 4.80. The summed E-state index contributed by atoms with van der Waals surface area (Å²) >= 11 is 1.36. The molecule has 0 aliphatic carbocycles. The molecule has 3 aromatic rings. The Hall–Kier alpha value is -2.27. The molecule has 1 N–H and O–H groups in total. The summed E-state index contributed by atoms with van der Waals surface area (Å²) in [5, 5.41) is 0.0814. The van der Waals surface area contributed by atoms with Crippen LogP contribution in [0.5, 0.6) is 5.75 Å². The minimum Gasteiger partial charge on any atom is -0.496 e. The number of hydrogen-bond donors (Lipinski definition) is 1. The zero-order valence-electron chi connectivity index (χ0n) is 13.8. The van der Waals surface area contributed by atoms with E-state index in [0.717, 1.165) is 41.0 Å². The lowest BCUT2D eigenvalue weighted by atomic mass is 10.1. The summed E-state index contributed by atoms with van der Waals surface area (Å²) < 4.78 is 5.49. The maximum Gasteiger partial charge on any atom is 0.219 e. The van der Waals surface area contributed by atoms with Gasteiger partial charge in [0.25, 0.3) is 0 Å². The highest BCUT2D eigenvalue weighted by Gasteiger charge is 2.14. The molecule has 1 aromatic heterocycles. The fourth-order valence-corrected chi connectivity index (χ4v) is 3.40. The van der Waals surface area contributed by atoms with E-state index >= 15 is 0 Å². The number of methoxy groups -OCH3 is 1. The number of para-hydroxylation sites is 2. The smallest absolute Gasteiger partial charge is 0.219 e. The Labute approximate surface area is 145 Å². The maximum atomic E-state index is 12.3. The lowest BCUT2D eigenvalue weighted by Crippen LogP contribution is -1.98. The molecule has 0 aliphatic heterocycles. The van der Waals surface area contributed by atoms with Crippen LogP contribution in [0.4, 0.5) is 0 Å². The first kappa shape index (κ1) is 16.6. The van der Waals surface area contributed by atoms with Crippen LogP contribution in [-0.4, -0.2) is 27.9 Å². The van der Waals surface area contributed by atoms with Crippen LogP contribution in [0.25, 0.3) is 22.4 Å². The number of aromatic amines is 1. The average Bonchev–Trinajstić information content (AvgIpc) is 3.05. The van der Waals surface area contributed by atoms with E-state index in [4.69, 9.17) is 4.74 Å². The van der Waals surface area contributed by atoms with Gasteiger partial charge in [0.1, 0.15) is 11.6 Å². The van der Waals surface area contributed by atoms with Crippen LogP contribution in [-0.2, 0) is 0 Å². The van der Waals surface area contributed by atoms with Crippen LogP contribution in [0.3, 0.4) is 0 Å². The van der Waals surface area contributed by atoms with Gasteiger partial charge in [0.2, 0.25) is 5.12 Å². The molecule has 0 saturated carbocycles. The summed E-state index contributed by atoms with van der Waals surface area (Å²) in [7, 11) is 1.61. The van der Waals surface area contributed by atoms with E-state index in [0.29, 0.717) is 11.3 Å². The van der Waals surface area contributed by atoms with Crippen LogP contribution in [0.1, 0.15) is 30.1 Å². The van der Waals surface area contributed by atoms with Crippen molar-refractivity contribution in [3.05, 3.63) is 48.0 Å². The van der Waals surface area contributed by atoms with Crippen molar-refractivity contribution in [3.63, 3.8) is 0 Å². The quantitative estimate of drug-likeness (QED) is 0.648. The number of nitrogens with one attached hydrogen (secondary N) is 1. The predicted octanol–water partition coefficient (Wildman–Crippen LogP) is 4.91. The van der Waals surface area contributed by atoms with E-state index in [9.17, 15) is 4.79 Å². The van der Waals surface area contributed by atoms with Gasteiger partial charge in [0.15, 0.2) is 0 Å². The Morgan fingerprint density at radius 2 is 2.08 bits per heavy atom. The molecule has 0 atom stereocenters. The second-order valence-electron chi connectivity index (χ2n) is 5.51. The second kappa shape index (κ2) is 7.53. The van der Waals surface area contributed by atoms with Crippen LogP contribution in [0.15, 0.2) is 42.5 Å². The molecule has 0 spiro atoms. The van der Waals surface area contributed by atoms with E-state index < -0.39 is 0 Å². The van der Waals surface area contributed by atoms with E-state index in [-0.39, 0.29) is 5.12 Å². The van der Waals surface area contributed by atoms with Crippen LogP contribution < -0.4 is 4.74 Å². The first-order valence-electron chi connectivity index (χ1n) is 8.03. The van der Waals surface area contributed by atoms with Crippen molar-refractivity contribution in [2.75, 3.05) is 12.9 Å². The van der Waals surface area contributed by atoms with E-state index in [1.165, 1.54) is 11.8 Å². The van der Waals surface area contributed by atoms with Gasteiger partial charge in [0.05, 0.1) is 23.7 Å². The Kier molecular flexibility index (Phi) is 5.20. The number of rotatable bonds is 6. The summed E-state index contributed by atoms with van der Waals surface area (Å²) in [5.74, 6) is 2.24. The molecule has 3 rings (SSSR count). The largest absolute Gasteiger partial charge is 0.496 e. The van der Waals surface area contributed by atoms with Gasteiger partial charge in [-0.1, -0.05) is 37.2 Å². The zero-order chi connectivity index (χ0) is 16.9. The van der Waals surface area contributed by atoms with Gasteiger partial charge in [0, 0.05) is 11.3 Å². The standard InChI is InChI=1S/C19H20N2O2S/c1-3-4-11-24-19(22)13-9-10-14(17(12-13)23-2)18-20-15-7-5-6-8-16(15)21-18/h5-10,12H,3-4,11H2,1-2H3,(H,20,21). The molecule has 4 nitrogen and oxygen atoms in total. The number of hydrogen-bond acceptors (Lipinski definition) is 4. The van der Waals surface area contributed by atoms with Gasteiger partial charge in [-0.25, -0.2) is 4.98 Å². The monoisotopic (exact) mass is 340 g/mol. The Balaban J connectivity index is 1.90. The van der Waals surface area contributed by atoms with Crippen molar-refractivity contribution < 1.29 is 9.53 Å². The zero-order valence-corrected chi connectivity index (χ0v) is 14.7. The Morgan fingerprint density at radius 1 is 1.25 bits per heavy atom. The molecule has 0 saturated heterocycles. The molecular formula is C19H20N2O2S. The van der Waals surface area contributed by atoms with Gasteiger partial charge in [-0.2, -0.15) is 0 Å². The number of thioether (sulfide) groups is 1. The highest BCUT2D eigenvalue weighted by Crippen LogP contribution is 2.31. The normalized spacial score (nSPS) is 10.9. The SMILES string of the molecule is CCCCSC(=O)c1ccc(-c2nc3ccccc3[nH]2)c(OC)c1. The number of nitrogens with zero attached hydrogens (tertiary/aromatic N) is 1. The fourth-order valence-electron chi connectivity index (χ4n) is 2.49.